The Labute approximate surface area is 60.9 Å². The van der Waals surface area contributed by atoms with Crippen LogP contribution < -0.4 is 5.73 Å². The molecule has 0 aliphatic heterocycles. The number of carboxylic acids is 1. The van der Waals surface area contributed by atoms with Crippen LogP contribution in [0.15, 0.2) is 0 Å². The van der Waals surface area contributed by atoms with E-state index in [1.54, 1.807) is 0 Å². The van der Waals surface area contributed by atoms with Crippen molar-refractivity contribution in [3.63, 3.8) is 0 Å². The molecule has 0 unspecified atom stereocenters. The minimum atomic E-state index is -1.18. The van der Waals surface area contributed by atoms with Gasteiger partial charge < -0.3 is 15.9 Å². The second-order valence-electron chi connectivity index (χ2n) is 1.13. The van der Waals surface area contributed by atoms with Gasteiger partial charge in [0.05, 0.1) is 6.61 Å². The Hall–Kier alpha value is 0.0783. The maximum absolute atomic E-state index is 9.65. The van der Waals surface area contributed by atoms with Gasteiger partial charge in [0.2, 0.25) is 0 Å². The molecule has 0 heterocycles. The van der Waals surface area contributed by atoms with Gasteiger partial charge in [-0.05, 0) is 0 Å². The van der Waals surface area contributed by atoms with E-state index in [-0.39, 0.29) is 21.1 Å². The molecule has 0 saturated heterocycles. The SMILES string of the molecule is N[C@@H](CO)C(=O)O.[Pt]. The van der Waals surface area contributed by atoms with E-state index in [0.29, 0.717) is 0 Å². The number of hydrogen-bond acceptors (Lipinski definition) is 3. The van der Waals surface area contributed by atoms with Crippen LogP contribution in [0.4, 0.5) is 0 Å². The molecule has 8 heavy (non-hydrogen) atoms. The molecule has 1 atom stereocenters. The summed E-state index contributed by atoms with van der Waals surface area (Å²) in [4.78, 5) is 9.65. The summed E-state index contributed by atoms with van der Waals surface area (Å²) in [6.45, 7) is -0.505. The fraction of sp³-hybridized carbons (Fsp3) is 0.667. The van der Waals surface area contributed by atoms with Gasteiger partial charge in [0, 0.05) is 21.1 Å². The van der Waals surface area contributed by atoms with Crippen LogP contribution in [-0.2, 0) is 25.9 Å². The summed E-state index contributed by atoms with van der Waals surface area (Å²) in [7, 11) is 0. The third-order valence-electron chi connectivity index (χ3n) is 0.514. The van der Waals surface area contributed by atoms with E-state index in [2.05, 4.69) is 0 Å². The molecule has 0 rings (SSSR count). The minimum absolute atomic E-state index is 0. The predicted octanol–water partition coefficient (Wildman–Crippen LogP) is -1.61. The zero-order chi connectivity index (χ0) is 5.86. The maximum atomic E-state index is 9.65. The van der Waals surface area contributed by atoms with Gasteiger partial charge in [0.1, 0.15) is 6.04 Å². The van der Waals surface area contributed by atoms with Crippen LogP contribution in [0.5, 0.6) is 0 Å². The summed E-state index contributed by atoms with van der Waals surface area (Å²) in [5.41, 5.74) is 4.77. The van der Waals surface area contributed by atoms with E-state index in [1.807, 2.05) is 0 Å². The Bertz CT molecular complexity index is 76.9. The molecule has 0 aromatic heterocycles. The number of carboxylic acid groups (broad SMARTS) is 1. The molecule has 0 bridgehead atoms. The molecule has 0 aliphatic carbocycles. The number of carbonyl (C=O) groups is 1. The Morgan fingerprint density at radius 3 is 2.12 bits per heavy atom. The normalized spacial score (nSPS) is 11.8. The Morgan fingerprint density at radius 2 is 2.12 bits per heavy atom. The average molecular weight is 300 g/mol. The van der Waals surface area contributed by atoms with Crippen molar-refractivity contribution in [3.05, 3.63) is 0 Å². The van der Waals surface area contributed by atoms with E-state index in [9.17, 15) is 4.79 Å². The van der Waals surface area contributed by atoms with Gasteiger partial charge in [-0.15, -0.1) is 0 Å². The van der Waals surface area contributed by atoms with Gasteiger partial charge in [-0.3, -0.25) is 4.79 Å². The Balaban J connectivity index is 0. The third kappa shape index (κ3) is 4.24. The minimum Gasteiger partial charge on any atom is -0.480 e. The molecule has 0 radical (unpaired) electrons. The van der Waals surface area contributed by atoms with Crippen LogP contribution in [0.2, 0.25) is 0 Å². The molecular weight excluding hydrogens is 293 g/mol. The first-order valence-corrected chi connectivity index (χ1v) is 1.77. The van der Waals surface area contributed by atoms with Crippen molar-refractivity contribution in [3.8, 4) is 0 Å². The van der Waals surface area contributed by atoms with Crippen molar-refractivity contribution in [2.75, 3.05) is 6.61 Å². The second-order valence-corrected chi connectivity index (χ2v) is 1.13. The van der Waals surface area contributed by atoms with Gasteiger partial charge in [0.15, 0.2) is 0 Å². The van der Waals surface area contributed by atoms with Crippen LogP contribution in [0, 0.1) is 0 Å². The number of aliphatic hydroxyl groups excluding tert-OH is 1. The van der Waals surface area contributed by atoms with Gasteiger partial charge >= 0.3 is 5.97 Å². The van der Waals surface area contributed by atoms with E-state index in [1.165, 1.54) is 0 Å². The Kier molecular flexibility index (Phi) is 7.15. The van der Waals surface area contributed by atoms with Crippen molar-refractivity contribution in [1.29, 1.82) is 0 Å². The van der Waals surface area contributed by atoms with Crippen LogP contribution in [-0.4, -0.2) is 28.8 Å². The Morgan fingerprint density at radius 1 is 1.75 bits per heavy atom. The number of hydrogen-bond donors (Lipinski definition) is 3. The first-order valence-electron chi connectivity index (χ1n) is 1.77. The summed E-state index contributed by atoms with van der Waals surface area (Å²) >= 11 is 0. The van der Waals surface area contributed by atoms with E-state index < -0.39 is 18.6 Å². The largest absolute Gasteiger partial charge is 0.480 e. The van der Waals surface area contributed by atoms with E-state index >= 15 is 0 Å². The molecule has 0 aromatic carbocycles. The van der Waals surface area contributed by atoms with Crippen molar-refractivity contribution in [2.24, 2.45) is 5.73 Å². The molecule has 0 aromatic rings. The maximum Gasteiger partial charge on any atom is 0.322 e. The molecule has 52 valence electrons. The summed E-state index contributed by atoms with van der Waals surface area (Å²) < 4.78 is 0. The third-order valence-corrected chi connectivity index (χ3v) is 0.514. The number of aliphatic hydroxyl groups is 1. The monoisotopic (exact) mass is 300 g/mol. The van der Waals surface area contributed by atoms with Crippen LogP contribution >= 0.6 is 0 Å². The molecule has 4 nitrogen and oxygen atoms in total. The predicted molar refractivity (Wildman–Crippen MR) is 22.7 cm³/mol. The fourth-order valence-corrected chi connectivity index (χ4v) is 0.0781. The van der Waals surface area contributed by atoms with Crippen molar-refractivity contribution >= 4 is 5.97 Å². The summed E-state index contributed by atoms with van der Waals surface area (Å²) in [6.07, 6.45) is 0. The van der Waals surface area contributed by atoms with Crippen molar-refractivity contribution in [2.45, 2.75) is 6.04 Å². The summed E-state index contributed by atoms with van der Waals surface area (Å²) in [5, 5.41) is 15.9. The quantitative estimate of drug-likeness (QED) is 0.573. The zero-order valence-electron chi connectivity index (χ0n) is 3.98. The molecule has 4 N–H and O–H groups in total. The smallest absolute Gasteiger partial charge is 0.322 e. The van der Waals surface area contributed by atoms with E-state index in [0.717, 1.165) is 0 Å². The standard InChI is InChI=1S/C3H7NO3.Pt/c4-2(1-5)3(6)7;/h2,5H,1,4H2,(H,6,7);/t2-;/m0./s1. The average Bonchev–Trinajstić information content (AvgIpc) is 1.65. The van der Waals surface area contributed by atoms with Gasteiger partial charge in [-0.1, -0.05) is 0 Å². The summed E-state index contributed by atoms with van der Waals surface area (Å²) in [6, 6.07) is -1.13. The van der Waals surface area contributed by atoms with Gasteiger partial charge in [0.25, 0.3) is 0 Å². The van der Waals surface area contributed by atoms with Crippen LogP contribution in [0.3, 0.4) is 0 Å². The first-order chi connectivity index (χ1) is 3.18. The molecular formula is C3H7NO3Pt. The van der Waals surface area contributed by atoms with Gasteiger partial charge in [-0.2, -0.15) is 0 Å². The molecule has 0 fully saturated rings. The van der Waals surface area contributed by atoms with Crippen LogP contribution in [0.25, 0.3) is 0 Å². The molecule has 0 saturated carbocycles. The molecule has 5 heteroatoms. The molecule has 0 aliphatic rings. The summed E-state index contributed by atoms with van der Waals surface area (Å²) in [5.74, 6) is -1.18. The van der Waals surface area contributed by atoms with Crippen molar-refractivity contribution < 1.29 is 36.1 Å². The van der Waals surface area contributed by atoms with Crippen molar-refractivity contribution in [1.82, 2.24) is 0 Å². The topological polar surface area (TPSA) is 83.5 Å². The molecule has 0 amide bonds. The number of aliphatic carboxylic acids is 1. The zero-order valence-corrected chi connectivity index (χ0v) is 6.25. The molecule has 0 spiro atoms. The van der Waals surface area contributed by atoms with Crippen LogP contribution in [0.1, 0.15) is 0 Å². The van der Waals surface area contributed by atoms with Gasteiger partial charge in [-0.25, -0.2) is 0 Å². The number of nitrogens with two attached hydrogens (primary N) is 1. The fourth-order valence-electron chi connectivity index (χ4n) is 0.0781. The van der Waals surface area contributed by atoms with E-state index in [4.69, 9.17) is 15.9 Å². The second kappa shape index (κ2) is 5.22. The first kappa shape index (κ1) is 11.0. The number of rotatable bonds is 2.